The third-order valence-corrected chi connectivity index (χ3v) is 2.57. The summed E-state index contributed by atoms with van der Waals surface area (Å²) in [5.41, 5.74) is 0. The molecule has 0 radical (unpaired) electrons. The molecular formula is C10H20N2O2. The lowest BCUT2D eigenvalue weighted by molar-refractivity contribution is -0.121. The second kappa shape index (κ2) is 5.98. The molecule has 2 unspecified atom stereocenters. The molecule has 82 valence electrons. The van der Waals surface area contributed by atoms with E-state index in [4.69, 9.17) is 5.11 Å². The van der Waals surface area contributed by atoms with E-state index in [0.29, 0.717) is 6.42 Å². The summed E-state index contributed by atoms with van der Waals surface area (Å²) in [6.45, 7) is 3.04. The number of aliphatic hydroxyl groups is 1. The summed E-state index contributed by atoms with van der Waals surface area (Å²) in [4.78, 5) is 11.2. The molecule has 1 rings (SSSR count). The van der Waals surface area contributed by atoms with E-state index in [1.807, 2.05) is 6.92 Å². The molecule has 0 aromatic rings. The summed E-state index contributed by atoms with van der Waals surface area (Å²) in [6.07, 6.45) is 3.39. The van der Waals surface area contributed by atoms with E-state index >= 15 is 0 Å². The van der Waals surface area contributed by atoms with Crippen LogP contribution in [-0.4, -0.2) is 36.2 Å². The zero-order chi connectivity index (χ0) is 10.4. The van der Waals surface area contributed by atoms with Crippen LogP contribution in [0.25, 0.3) is 0 Å². The minimum atomic E-state index is 0.135. The van der Waals surface area contributed by atoms with Gasteiger partial charge in [-0.1, -0.05) is 0 Å². The quantitative estimate of drug-likeness (QED) is 0.599. The smallest absolute Gasteiger partial charge is 0.221 e. The van der Waals surface area contributed by atoms with Gasteiger partial charge < -0.3 is 15.7 Å². The van der Waals surface area contributed by atoms with Crippen molar-refractivity contribution in [3.8, 4) is 0 Å². The first kappa shape index (κ1) is 11.5. The van der Waals surface area contributed by atoms with Crippen LogP contribution in [0.5, 0.6) is 0 Å². The lowest BCUT2D eigenvalue weighted by Crippen LogP contribution is -2.38. The number of rotatable bonds is 4. The van der Waals surface area contributed by atoms with E-state index in [0.717, 1.165) is 25.8 Å². The van der Waals surface area contributed by atoms with Crippen LogP contribution >= 0.6 is 0 Å². The Labute approximate surface area is 85.1 Å². The largest absolute Gasteiger partial charge is 0.396 e. The van der Waals surface area contributed by atoms with E-state index in [1.54, 1.807) is 0 Å². The van der Waals surface area contributed by atoms with E-state index in [1.165, 1.54) is 0 Å². The van der Waals surface area contributed by atoms with Crippen molar-refractivity contribution in [2.75, 3.05) is 13.2 Å². The van der Waals surface area contributed by atoms with Crippen LogP contribution in [0.3, 0.4) is 0 Å². The number of nitrogens with one attached hydrogen (secondary N) is 2. The Morgan fingerprint density at radius 1 is 1.71 bits per heavy atom. The summed E-state index contributed by atoms with van der Waals surface area (Å²) < 4.78 is 0. The molecule has 0 spiro atoms. The normalized spacial score (nSPS) is 25.3. The predicted molar refractivity (Wildman–Crippen MR) is 54.9 cm³/mol. The van der Waals surface area contributed by atoms with Crippen LogP contribution in [-0.2, 0) is 4.79 Å². The van der Waals surface area contributed by atoms with Crippen molar-refractivity contribution < 1.29 is 9.90 Å². The lowest BCUT2D eigenvalue weighted by atomic mass is 10.1. The summed E-state index contributed by atoms with van der Waals surface area (Å²) >= 11 is 0. The highest BCUT2D eigenvalue weighted by atomic mass is 16.3. The Kier molecular flexibility index (Phi) is 4.90. The summed E-state index contributed by atoms with van der Waals surface area (Å²) in [7, 11) is 0. The van der Waals surface area contributed by atoms with Crippen LogP contribution in [0, 0.1) is 0 Å². The Morgan fingerprint density at radius 3 is 3.21 bits per heavy atom. The summed E-state index contributed by atoms with van der Waals surface area (Å²) in [5, 5.41) is 15.0. The van der Waals surface area contributed by atoms with Gasteiger partial charge in [0.1, 0.15) is 0 Å². The van der Waals surface area contributed by atoms with Crippen molar-refractivity contribution in [2.24, 2.45) is 0 Å². The van der Waals surface area contributed by atoms with E-state index < -0.39 is 0 Å². The fraction of sp³-hybridized carbons (Fsp3) is 0.900. The zero-order valence-electron chi connectivity index (χ0n) is 8.75. The van der Waals surface area contributed by atoms with Gasteiger partial charge in [-0.05, 0) is 26.2 Å². The van der Waals surface area contributed by atoms with Gasteiger partial charge in [-0.3, -0.25) is 4.79 Å². The molecule has 0 saturated carbocycles. The molecule has 2 atom stereocenters. The summed E-state index contributed by atoms with van der Waals surface area (Å²) in [6, 6.07) is 0.565. The van der Waals surface area contributed by atoms with Gasteiger partial charge in [0.15, 0.2) is 0 Å². The van der Waals surface area contributed by atoms with Crippen LogP contribution in [0.4, 0.5) is 0 Å². The van der Waals surface area contributed by atoms with Gasteiger partial charge in [0.05, 0.1) is 0 Å². The molecule has 4 heteroatoms. The first-order valence-corrected chi connectivity index (χ1v) is 5.36. The lowest BCUT2D eigenvalue weighted by Gasteiger charge is -2.20. The maximum Gasteiger partial charge on any atom is 0.221 e. The zero-order valence-corrected chi connectivity index (χ0v) is 8.75. The van der Waals surface area contributed by atoms with E-state index in [2.05, 4.69) is 10.6 Å². The van der Waals surface area contributed by atoms with Crippen LogP contribution < -0.4 is 10.6 Å². The fourth-order valence-corrected chi connectivity index (χ4v) is 1.80. The van der Waals surface area contributed by atoms with Gasteiger partial charge in [0.2, 0.25) is 5.91 Å². The minimum absolute atomic E-state index is 0.135. The van der Waals surface area contributed by atoms with Crippen molar-refractivity contribution >= 4 is 5.91 Å². The van der Waals surface area contributed by atoms with Crippen LogP contribution in [0.15, 0.2) is 0 Å². The molecule has 0 aromatic carbocycles. The van der Waals surface area contributed by atoms with Crippen molar-refractivity contribution in [1.82, 2.24) is 10.6 Å². The number of hydrogen-bond donors (Lipinski definition) is 3. The van der Waals surface area contributed by atoms with Crippen LogP contribution in [0.1, 0.15) is 32.6 Å². The number of aliphatic hydroxyl groups excluding tert-OH is 1. The van der Waals surface area contributed by atoms with Gasteiger partial charge in [-0.15, -0.1) is 0 Å². The van der Waals surface area contributed by atoms with Gasteiger partial charge >= 0.3 is 0 Å². The highest BCUT2D eigenvalue weighted by molar-refractivity contribution is 5.76. The number of hydrogen-bond acceptors (Lipinski definition) is 3. The molecule has 0 aliphatic carbocycles. The average molecular weight is 200 g/mol. The molecule has 1 aliphatic rings. The summed E-state index contributed by atoms with van der Waals surface area (Å²) in [5.74, 6) is 0.135. The molecule has 0 aromatic heterocycles. The number of carbonyl (C=O) groups is 1. The number of carbonyl (C=O) groups excluding carboxylic acids is 1. The monoisotopic (exact) mass is 200 g/mol. The van der Waals surface area contributed by atoms with Crippen molar-refractivity contribution in [3.63, 3.8) is 0 Å². The minimum Gasteiger partial charge on any atom is -0.396 e. The molecule has 1 fully saturated rings. The van der Waals surface area contributed by atoms with Gasteiger partial charge in [0, 0.05) is 31.7 Å². The third-order valence-electron chi connectivity index (χ3n) is 2.57. The molecule has 0 bridgehead atoms. The van der Waals surface area contributed by atoms with Gasteiger partial charge in [0.25, 0.3) is 0 Å². The molecule has 1 saturated heterocycles. The van der Waals surface area contributed by atoms with Crippen molar-refractivity contribution in [1.29, 1.82) is 0 Å². The topological polar surface area (TPSA) is 61.4 Å². The molecule has 1 aliphatic heterocycles. The molecule has 1 amide bonds. The van der Waals surface area contributed by atoms with Crippen molar-refractivity contribution in [3.05, 3.63) is 0 Å². The maximum atomic E-state index is 11.2. The SMILES string of the molecule is CC(CCO)NC1CCCNC(=O)C1. The Morgan fingerprint density at radius 2 is 2.50 bits per heavy atom. The molecule has 3 N–H and O–H groups in total. The standard InChI is InChI=1S/C10H20N2O2/c1-8(4-6-13)12-9-3-2-5-11-10(14)7-9/h8-9,12-13H,2-7H2,1H3,(H,11,14). The molecule has 1 heterocycles. The van der Waals surface area contributed by atoms with Gasteiger partial charge in [-0.2, -0.15) is 0 Å². The molecule has 14 heavy (non-hydrogen) atoms. The maximum absolute atomic E-state index is 11.2. The number of amides is 1. The van der Waals surface area contributed by atoms with E-state index in [-0.39, 0.29) is 24.6 Å². The first-order valence-electron chi connectivity index (χ1n) is 5.36. The fourth-order valence-electron chi connectivity index (χ4n) is 1.80. The van der Waals surface area contributed by atoms with Crippen molar-refractivity contribution in [2.45, 2.75) is 44.7 Å². The third kappa shape index (κ3) is 4.07. The van der Waals surface area contributed by atoms with Crippen LogP contribution in [0.2, 0.25) is 0 Å². The second-order valence-electron chi connectivity index (χ2n) is 3.97. The van der Waals surface area contributed by atoms with E-state index in [9.17, 15) is 4.79 Å². The molecular weight excluding hydrogens is 180 g/mol. The van der Waals surface area contributed by atoms with Gasteiger partial charge in [-0.25, -0.2) is 0 Å². The molecule has 4 nitrogen and oxygen atoms in total. The second-order valence-corrected chi connectivity index (χ2v) is 3.97. The Bertz CT molecular complexity index is 185. The average Bonchev–Trinajstić information content (AvgIpc) is 2.30. The highest BCUT2D eigenvalue weighted by Gasteiger charge is 2.18. The Balaban J connectivity index is 2.30. The Hall–Kier alpha value is -0.610. The predicted octanol–water partition coefficient (Wildman–Crippen LogP) is 0.0156. The first-order chi connectivity index (χ1) is 6.72. The highest BCUT2D eigenvalue weighted by Crippen LogP contribution is 2.07.